The smallest absolute Gasteiger partial charge is 0.262 e. The molecule has 0 bridgehead atoms. The summed E-state index contributed by atoms with van der Waals surface area (Å²) in [4.78, 5) is 0. The minimum Gasteiger partial charge on any atom is -0.457 e. The maximum absolute atomic E-state index is 10.2. The average molecular weight is 462 g/mol. The van der Waals surface area contributed by atoms with Crippen LogP contribution in [0.4, 0.5) is 0 Å². The molecule has 9 atom stereocenters. The first-order valence-corrected chi connectivity index (χ1v) is 10.2. The van der Waals surface area contributed by atoms with Crippen molar-refractivity contribution in [3.63, 3.8) is 0 Å². The third kappa shape index (κ3) is 5.21. The van der Waals surface area contributed by atoms with E-state index in [0.717, 1.165) is 5.56 Å². The zero-order valence-electron chi connectivity index (χ0n) is 17.2. The fraction of sp³-hybridized carbons (Fsp3) is 0.700. The van der Waals surface area contributed by atoms with E-state index >= 15 is 0 Å². The second-order valence-corrected chi connectivity index (χ2v) is 7.85. The molecule has 0 aromatic heterocycles. The lowest BCUT2D eigenvalue weighted by Gasteiger charge is -2.43. The first-order valence-electron chi connectivity index (χ1n) is 10.2. The van der Waals surface area contributed by atoms with Gasteiger partial charge in [0.1, 0.15) is 55.1 Å². The second-order valence-electron chi connectivity index (χ2n) is 7.85. The zero-order valence-corrected chi connectivity index (χ0v) is 17.2. The van der Waals surface area contributed by atoms with Crippen LogP contribution in [0, 0.1) is 0 Å². The first-order chi connectivity index (χ1) is 15.2. The summed E-state index contributed by atoms with van der Waals surface area (Å²) < 4.78 is 21.6. The van der Waals surface area contributed by atoms with Gasteiger partial charge in [0, 0.05) is 0 Å². The molecule has 2 heterocycles. The van der Waals surface area contributed by atoms with Crippen LogP contribution in [-0.2, 0) is 20.6 Å². The van der Waals surface area contributed by atoms with Crippen LogP contribution in [0.2, 0.25) is 0 Å². The van der Waals surface area contributed by atoms with Gasteiger partial charge >= 0.3 is 0 Å². The number of rotatable bonds is 8. The van der Waals surface area contributed by atoms with Gasteiger partial charge in [-0.25, -0.2) is 0 Å². The van der Waals surface area contributed by atoms with E-state index in [0.29, 0.717) is 6.42 Å². The highest BCUT2D eigenvalue weighted by molar-refractivity contribution is 5.28. The molecule has 2 fully saturated rings. The van der Waals surface area contributed by atoms with Crippen LogP contribution in [-0.4, -0.2) is 122 Å². The monoisotopic (exact) mass is 462 g/mol. The highest BCUT2D eigenvalue weighted by Gasteiger charge is 2.51. The fourth-order valence-corrected chi connectivity index (χ4v) is 3.56. The maximum atomic E-state index is 10.2. The Balaban J connectivity index is 1.54. The SMILES string of the molecule is OC[C@H]1O[C@@H](OCCc2ccc(O[C@]3(CO)OC[C@@H](O)[C@@H](O)[C@@H]3O)cc2)[C@H](O)[C@@H](O)[C@@H]1O. The Kier molecular flexibility index (Phi) is 8.41. The molecule has 0 radical (unpaired) electrons. The standard InChI is InChI=1S/C20H30O12/c21-7-13-15(25)16(26)17(27)19(31-13)29-6-5-10-1-3-11(4-2-10)32-20(9-22)18(28)14(24)12(23)8-30-20/h1-4,12-19,21-28H,5-9H2/t12-,13-,14-,15-,16+,17-,18+,19-,20+/m1/s1. The number of benzene rings is 1. The van der Waals surface area contributed by atoms with Crippen LogP contribution < -0.4 is 4.74 Å². The van der Waals surface area contributed by atoms with Gasteiger partial charge in [-0.3, -0.25) is 0 Å². The van der Waals surface area contributed by atoms with Gasteiger partial charge < -0.3 is 59.8 Å². The number of hydrogen-bond acceptors (Lipinski definition) is 12. The zero-order chi connectivity index (χ0) is 23.5. The van der Waals surface area contributed by atoms with Crippen LogP contribution in [0.5, 0.6) is 5.75 Å². The molecule has 8 N–H and O–H groups in total. The minimum absolute atomic E-state index is 0.0926. The third-order valence-electron chi connectivity index (χ3n) is 5.62. The Labute approximate surface area is 183 Å². The molecule has 3 rings (SSSR count). The van der Waals surface area contributed by atoms with E-state index in [2.05, 4.69) is 0 Å². The topological polar surface area (TPSA) is 199 Å². The molecule has 0 amide bonds. The summed E-state index contributed by atoms with van der Waals surface area (Å²) in [5.41, 5.74) is 0.792. The molecular weight excluding hydrogens is 432 g/mol. The van der Waals surface area contributed by atoms with Crippen molar-refractivity contribution in [3.8, 4) is 5.75 Å². The molecule has 0 spiro atoms. The summed E-state index contributed by atoms with van der Waals surface area (Å²) in [7, 11) is 0. The van der Waals surface area contributed by atoms with Crippen molar-refractivity contribution < 1.29 is 59.8 Å². The first kappa shape index (κ1) is 25.2. The van der Waals surface area contributed by atoms with Crippen molar-refractivity contribution in [1.82, 2.24) is 0 Å². The van der Waals surface area contributed by atoms with Crippen LogP contribution >= 0.6 is 0 Å². The molecule has 0 aliphatic carbocycles. The molecular formula is C20H30O12. The molecule has 1 aromatic carbocycles. The normalized spacial score (nSPS) is 40.2. The highest BCUT2D eigenvalue weighted by Crippen LogP contribution is 2.30. The van der Waals surface area contributed by atoms with Gasteiger partial charge in [0.25, 0.3) is 5.79 Å². The van der Waals surface area contributed by atoms with Gasteiger partial charge in [0.05, 0.1) is 19.8 Å². The van der Waals surface area contributed by atoms with Crippen LogP contribution in [0.1, 0.15) is 5.56 Å². The van der Waals surface area contributed by atoms with E-state index < -0.39 is 68.0 Å². The Hall–Kier alpha value is -1.42. The Morgan fingerprint density at radius 3 is 2.22 bits per heavy atom. The Bertz CT molecular complexity index is 715. The summed E-state index contributed by atoms with van der Waals surface area (Å²) in [6, 6.07) is 6.46. The number of aliphatic hydroxyl groups excluding tert-OH is 8. The van der Waals surface area contributed by atoms with Crippen LogP contribution in [0.15, 0.2) is 24.3 Å². The Morgan fingerprint density at radius 1 is 0.906 bits per heavy atom. The lowest BCUT2D eigenvalue weighted by Crippen LogP contribution is -2.65. The molecule has 182 valence electrons. The number of ether oxygens (including phenoxy) is 4. The fourth-order valence-electron chi connectivity index (χ4n) is 3.56. The molecule has 32 heavy (non-hydrogen) atoms. The highest BCUT2D eigenvalue weighted by atomic mass is 16.7. The van der Waals surface area contributed by atoms with E-state index in [1.165, 1.54) is 0 Å². The molecule has 2 aliphatic rings. The summed E-state index contributed by atoms with van der Waals surface area (Å²) in [6.07, 6.45) is -10.9. The van der Waals surface area contributed by atoms with E-state index in [1.54, 1.807) is 24.3 Å². The van der Waals surface area contributed by atoms with Gasteiger partial charge in [0.2, 0.25) is 0 Å². The van der Waals surface area contributed by atoms with Crippen molar-refractivity contribution in [2.75, 3.05) is 26.4 Å². The molecule has 1 aromatic rings. The van der Waals surface area contributed by atoms with Gasteiger partial charge in [-0.05, 0) is 24.1 Å². The van der Waals surface area contributed by atoms with E-state index in [-0.39, 0.29) is 19.0 Å². The molecule has 0 unspecified atom stereocenters. The van der Waals surface area contributed by atoms with Crippen molar-refractivity contribution in [3.05, 3.63) is 29.8 Å². The van der Waals surface area contributed by atoms with Gasteiger partial charge in [-0.2, -0.15) is 0 Å². The van der Waals surface area contributed by atoms with E-state index in [9.17, 15) is 40.9 Å². The lowest BCUT2D eigenvalue weighted by molar-refractivity contribution is -0.318. The maximum Gasteiger partial charge on any atom is 0.262 e. The van der Waals surface area contributed by atoms with Crippen LogP contribution in [0.25, 0.3) is 0 Å². The molecule has 12 heteroatoms. The van der Waals surface area contributed by atoms with Gasteiger partial charge in [-0.15, -0.1) is 0 Å². The van der Waals surface area contributed by atoms with Gasteiger partial charge in [0.15, 0.2) is 6.29 Å². The average Bonchev–Trinajstić information content (AvgIpc) is 2.80. The second kappa shape index (κ2) is 10.7. The summed E-state index contributed by atoms with van der Waals surface area (Å²) in [5.74, 6) is -1.69. The predicted octanol–water partition coefficient (Wildman–Crippen LogP) is -3.77. The number of aliphatic hydroxyl groups is 8. The van der Waals surface area contributed by atoms with Crippen molar-refractivity contribution >= 4 is 0 Å². The molecule has 2 aliphatic heterocycles. The molecule has 2 saturated heterocycles. The molecule has 0 saturated carbocycles. The van der Waals surface area contributed by atoms with Gasteiger partial charge in [-0.1, -0.05) is 12.1 Å². The van der Waals surface area contributed by atoms with Crippen molar-refractivity contribution in [2.24, 2.45) is 0 Å². The van der Waals surface area contributed by atoms with Crippen LogP contribution in [0.3, 0.4) is 0 Å². The third-order valence-corrected chi connectivity index (χ3v) is 5.62. The minimum atomic E-state index is -1.92. The number of hydrogen-bond donors (Lipinski definition) is 8. The summed E-state index contributed by atoms with van der Waals surface area (Å²) >= 11 is 0. The Morgan fingerprint density at radius 2 is 1.59 bits per heavy atom. The molecule has 12 nitrogen and oxygen atoms in total. The van der Waals surface area contributed by atoms with Crippen molar-refractivity contribution in [2.45, 2.75) is 61.2 Å². The quantitative estimate of drug-likeness (QED) is 0.188. The van der Waals surface area contributed by atoms with E-state index in [1.807, 2.05) is 0 Å². The predicted molar refractivity (Wildman–Crippen MR) is 104 cm³/mol. The summed E-state index contributed by atoms with van der Waals surface area (Å²) in [5, 5.41) is 78.0. The summed E-state index contributed by atoms with van der Waals surface area (Å²) in [6.45, 7) is -1.54. The largest absolute Gasteiger partial charge is 0.457 e. The lowest BCUT2D eigenvalue weighted by atomic mass is 9.97. The van der Waals surface area contributed by atoms with Crippen molar-refractivity contribution in [1.29, 1.82) is 0 Å². The van der Waals surface area contributed by atoms with E-state index in [4.69, 9.17) is 18.9 Å².